The molecule has 0 bridgehead atoms. The molecule has 0 aliphatic heterocycles. The van der Waals surface area contributed by atoms with Crippen LogP contribution >= 0.6 is 0 Å². The Morgan fingerprint density at radius 3 is 2.42 bits per heavy atom. The molecule has 0 spiro atoms. The average Bonchev–Trinajstić information content (AvgIpc) is 3.44. The fraction of sp³-hybridized carbons (Fsp3) is 0.333. The maximum absolute atomic E-state index is 13.0. The van der Waals surface area contributed by atoms with Crippen molar-refractivity contribution in [3.63, 3.8) is 0 Å². The summed E-state index contributed by atoms with van der Waals surface area (Å²) < 4.78 is 2.63. The van der Waals surface area contributed by atoms with E-state index in [2.05, 4.69) is 39.6 Å². The molecular formula is C24H27N7O2. The summed E-state index contributed by atoms with van der Waals surface area (Å²) in [6.45, 7) is 6.40. The molecular weight excluding hydrogens is 418 g/mol. The molecule has 0 aliphatic carbocycles. The number of aromatic nitrogens is 7. The summed E-state index contributed by atoms with van der Waals surface area (Å²) in [6, 6.07) is 15.9. The van der Waals surface area contributed by atoms with Crippen molar-refractivity contribution >= 4 is 5.91 Å². The average molecular weight is 446 g/mol. The van der Waals surface area contributed by atoms with Gasteiger partial charge in [0.1, 0.15) is 5.82 Å². The number of nitrogens with one attached hydrogen (secondary N) is 1. The molecule has 0 saturated heterocycles. The summed E-state index contributed by atoms with van der Waals surface area (Å²) in [5.74, 6) is 1.28. The van der Waals surface area contributed by atoms with Crippen LogP contribution in [0.4, 0.5) is 0 Å². The van der Waals surface area contributed by atoms with Crippen LogP contribution in [-0.2, 0) is 13.0 Å². The van der Waals surface area contributed by atoms with E-state index in [0.29, 0.717) is 43.4 Å². The maximum Gasteiger partial charge on any atom is 0.353 e. The zero-order valence-corrected chi connectivity index (χ0v) is 19.0. The van der Waals surface area contributed by atoms with Crippen molar-refractivity contribution in [1.82, 2.24) is 35.0 Å². The molecule has 0 unspecified atom stereocenters. The summed E-state index contributed by atoms with van der Waals surface area (Å²) in [7, 11) is 0. The van der Waals surface area contributed by atoms with E-state index in [1.807, 2.05) is 55.5 Å². The van der Waals surface area contributed by atoms with Gasteiger partial charge in [0.25, 0.3) is 5.91 Å². The highest BCUT2D eigenvalue weighted by Gasteiger charge is 2.19. The SMILES string of the molecule is CCCC(=O)n1nc(CC(C)C)n(Cc2ccc(-c3ccccc3-c3nnn[nH]3)cc2)c1=O. The number of carbonyl (C=O) groups excluding carboxylic acids is 1. The van der Waals surface area contributed by atoms with Crippen LogP contribution in [0.25, 0.3) is 22.5 Å². The summed E-state index contributed by atoms with van der Waals surface area (Å²) in [5.41, 5.74) is 3.48. The third-order valence-electron chi connectivity index (χ3n) is 5.36. The molecule has 0 fully saturated rings. The minimum absolute atomic E-state index is 0.264. The topological polar surface area (TPSA) is 111 Å². The van der Waals surface area contributed by atoms with Gasteiger partial charge in [0.15, 0.2) is 5.82 Å². The lowest BCUT2D eigenvalue weighted by Crippen LogP contribution is -2.30. The van der Waals surface area contributed by atoms with Crippen LogP contribution in [0, 0.1) is 5.92 Å². The molecule has 2 heterocycles. The van der Waals surface area contributed by atoms with Crippen molar-refractivity contribution in [2.24, 2.45) is 5.92 Å². The molecule has 9 nitrogen and oxygen atoms in total. The Morgan fingerprint density at radius 2 is 1.79 bits per heavy atom. The fourth-order valence-electron chi connectivity index (χ4n) is 3.78. The Balaban J connectivity index is 1.64. The fourth-order valence-corrected chi connectivity index (χ4v) is 3.78. The van der Waals surface area contributed by atoms with Crippen LogP contribution in [0.15, 0.2) is 53.3 Å². The minimum Gasteiger partial charge on any atom is -0.274 e. The van der Waals surface area contributed by atoms with E-state index in [1.54, 1.807) is 4.57 Å². The normalized spacial score (nSPS) is 11.3. The van der Waals surface area contributed by atoms with Gasteiger partial charge in [0, 0.05) is 18.4 Å². The number of nitrogens with zero attached hydrogens (tertiary/aromatic N) is 6. The first-order valence-corrected chi connectivity index (χ1v) is 11.1. The standard InChI is InChI=1S/C24H27N7O2/c1-4-7-22(32)31-24(33)30(21(27-31)14-16(2)3)15-17-10-12-18(13-11-17)19-8-5-6-9-20(19)23-25-28-29-26-23/h5-6,8-13,16H,4,7,14-15H2,1-3H3,(H,25,26,28,29). The summed E-state index contributed by atoms with van der Waals surface area (Å²) in [6.07, 6.45) is 1.59. The van der Waals surface area contributed by atoms with E-state index in [9.17, 15) is 9.59 Å². The lowest BCUT2D eigenvalue weighted by molar-refractivity contribution is 0.0880. The molecule has 0 aliphatic rings. The molecule has 0 atom stereocenters. The van der Waals surface area contributed by atoms with E-state index in [0.717, 1.165) is 26.9 Å². The molecule has 4 rings (SSSR count). The number of hydrogen-bond donors (Lipinski definition) is 1. The number of benzene rings is 2. The predicted octanol–water partition coefficient (Wildman–Crippen LogP) is 3.58. The van der Waals surface area contributed by atoms with Crippen molar-refractivity contribution in [3.8, 4) is 22.5 Å². The third kappa shape index (κ3) is 4.82. The highest BCUT2D eigenvalue weighted by molar-refractivity contribution is 5.80. The van der Waals surface area contributed by atoms with Crippen LogP contribution in [0.1, 0.15) is 49.8 Å². The smallest absolute Gasteiger partial charge is 0.274 e. The highest BCUT2D eigenvalue weighted by Crippen LogP contribution is 2.29. The van der Waals surface area contributed by atoms with Gasteiger partial charge < -0.3 is 0 Å². The lowest BCUT2D eigenvalue weighted by atomic mass is 9.98. The van der Waals surface area contributed by atoms with E-state index in [1.165, 1.54) is 0 Å². The van der Waals surface area contributed by atoms with Crippen LogP contribution in [0.2, 0.25) is 0 Å². The number of H-pyrrole nitrogens is 1. The van der Waals surface area contributed by atoms with Gasteiger partial charge in [-0.2, -0.15) is 0 Å². The third-order valence-corrected chi connectivity index (χ3v) is 5.36. The number of rotatable bonds is 8. The van der Waals surface area contributed by atoms with Gasteiger partial charge in [0.05, 0.1) is 6.54 Å². The summed E-state index contributed by atoms with van der Waals surface area (Å²) >= 11 is 0. The first-order valence-electron chi connectivity index (χ1n) is 11.1. The van der Waals surface area contributed by atoms with Crippen LogP contribution in [0.3, 0.4) is 0 Å². The molecule has 9 heteroatoms. The Hall–Kier alpha value is -3.88. The molecule has 0 radical (unpaired) electrons. The molecule has 0 amide bonds. The first kappa shape index (κ1) is 22.3. The zero-order chi connectivity index (χ0) is 23.4. The van der Waals surface area contributed by atoms with Crippen molar-refractivity contribution in [1.29, 1.82) is 0 Å². The first-order chi connectivity index (χ1) is 16.0. The Morgan fingerprint density at radius 1 is 1.06 bits per heavy atom. The van der Waals surface area contributed by atoms with Crippen LogP contribution in [-0.4, -0.2) is 40.9 Å². The van der Waals surface area contributed by atoms with Gasteiger partial charge in [-0.15, -0.1) is 14.9 Å². The van der Waals surface area contributed by atoms with E-state index < -0.39 is 0 Å². The Bertz CT molecular complexity index is 1290. The Kier molecular flexibility index (Phi) is 6.58. The molecule has 1 N–H and O–H groups in total. The molecule has 2 aromatic carbocycles. The second-order valence-corrected chi connectivity index (χ2v) is 8.43. The maximum atomic E-state index is 13.0. The molecule has 33 heavy (non-hydrogen) atoms. The molecule has 2 aromatic heterocycles. The number of carbonyl (C=O) groups is 1. The van der Waals surface area contributed by atoms with Gasteiger partial charge in [-0.1, -0.05) is 69.3 Å². The van der Waals surface area contributed by atoms with Crippen molar-refractivity contribution in [3.05, 3.63) is 70.4 Å². The second-order valence-electron chi connectivity index (χ2n) is 8.43. The summed E-state index contributed by atoms with van der Waals surface area (Å²) in [5, 5.41) is 18.5. The van der Waals surface area contributed by atoms with Gasteiger partial charge >= 0.3 is 5.69 Å². The summed E-state index contributed by atoms with van der Waals surface area (Å²) in [4.78, 5) is 25.3. The predicted molar refractivity (Wildman–Crippen MR) is 125 cm³/mol. The molecule has 0 saturated carbocycles. The van der Waals surface area contributed by atoms with Crippen molar-refractivity contribution in [2.75, 3.05) is 0 Å². The zero-order valence-electron chi connectivity index (χ0n) is 19.0. The van der Waals surface area contributed by atoms with Crippen molar-refractivity contribution in [2.45, 2.75) is 46.6 Å². The quantitative estimate of drug-likeness (QED) is 0.444. The van der Waals surface area contributed by atoms with Crippen LogP contribution in [0.5, 0.6) is 0 Å². The Labute approximate surface area is 191 Å². The number of tetrazole rings is 1. The lowest BCUT2D eigenvalue weighted by Gasteiger charge is -2.10. The van der Waals surface area contributed by atoms with E-state index >= 15 is 0 Å². The minimum atomic E-state index is -0.378. The molecule has 170 valence electrons. The van der Waals surface area contributed by atoms with Gasteiger partial charge in [-0.3, -0.25) is 9.36 Å². The van der Waals surface area contributed by atoms with Gasteiger partial charge in [-0.25, -0.2) is 9.89 Å². The van der Waals surface area contributed by atoms with Crippen molar-refractivity contribution < 1.29 is 4.79 Å². The van der Waals surface area contributed by atoms with Crippen LogP contribution < -0.4 is 5.69 Å². The monoisotopic (exact) mass is 445 g/mol. The van der Waals surface area contributed by atoms with E-state index in [4.69, 9.17) is 0 Å². The number of aromatic amines is 1. The largest absolute Gasteiger partial charge is 0.353 e. The number of hydrogen-bond acceptors (Lipinski definition) is 6. The molecule has 4 aromatic rings. The van der Waals surface area contributed by atoms with Gasteiger partial charge in [0.2, 0.25) is 0 Å². The highest BCUT2D eigenvalue weighted by atomic mass is 16.2. The van der Waals surface area contributed by atoms with E-state index in [-0.39, 0.29) is 11.6 Å². The second kappa shape index (κ2) is 9.72. The van der Waals surface area contributed by atoms with Gasteiger partial charge in [-0.05, 0) is 39.5 Å².